The summed E-state index contributed by atoms with van der Waals surface area (Å²) in [5.41, 5.74) is 2.10. The van der Waals surface area contributed by atoms with Crippen LogP contribution in [0.25, 0.3) is 11.0 Å². The van der Waals surface area contributed by atoms with Gasteiger partial charge in [-0.15, -0.1) is 5.10 Å². The summed E-state index contributed by atoms with van der Waals surface area (Å²) in [6.07, 6.45) is 4.06. The van der Waals surface area contributed by atoms with E-state index in [1.165, 1.54) is 19.3 Å². The second kappa shape index (κ2) is 3.59. The topological polar surface area (TPSA) is 30.7 Å². The Labute approximate surface area is 96.6 Å². The van der Waals surface area contributed by atoms with Gasteiger partial charge in [0, 0.05) is 11.0 Å². The second-order valence-corrected chi connectivity index (χ2v) is 5.03. The highest BCUT2D eigenvalue weighted by Crippen LogP contribution is 2.29. The summed E-state index contributed by atoms with van der Waals surface area (Å²) < 4.78 is 3.06. The SMILES string of the molecule is Brc1cccc2c1nnn2CC1CCC1. The molecule has 0 aliphatic heterocycles. The highest BCUT2D eigenvalue weighted by atomic mass is 79.9. The van der Waals surface area contributed by atoms with Gasteiger partial charge < -0.3 is 0 Å². The lowest BCUT2D eigenvalue weighted by atomic mass is 9.85. The van der Waals surface area contributed by atoms with Crippen LogP contribution in [-0.4, -0.2) is 15.0 Å². The fraction of sp³-hybridized carbons (Fsp3) is 0.455. The molecule has 1 fully saturated rings. The van der Waals surface area contributed by atoms with E-state index >= 15 is 0 Å². The molecule has 3 nitrogen and oxygen atoms in total. The third-order valence-corrected chi connectivity index (χ3v) is 3.79. The van der Waals surface area contributed by atoms with Crippen LogP contribution in [0, 0.1) is 5.92 Å². The van der Waals surface area contributed by atoms with Crippen molar-refractivity contribution in [2.75, 3.05) is 0 Å². The van der Waals surface area contributed by atoms with Gasteiger partial charge in [-0.1, -0.05) is 17.7 Å². The number of fused-ring (bicyclic) bond motifs is 1. The molecule has 4 heteroatoms. The molecule has 0 radical (unpaired) electrons. The van der Waals surface area contributed by atoms with Crippen LogP contribution in [0.3, 0.4) is 0 Å². The normalized spacial score (nSPS) is 16.9. The van der Waals surface area contributed by atoms with Gasteiger partial charge in [0.25, 0.3) is 0 Å². The van der Waals surface area contributed by atoms with E-state index in [9.17, 15) is 0 Å². The highest BCUT2D eigenvalue weighted by molar-refractivity contribution is 9.10. The molecule has 1 aliphatic rings. The van der Waals surface area contributed by atoms with Crippen LogP contribution in [-0.2, 0) is 6.54 Å². The molecular weight excluding hydrogens is 254 g/mol. The smallest absolute Gasteiger partial charge is 0.127 e. The standard InChI is InChI=1S/C11H12BrN3/c12-9-5-2-6-10-11(9)13-14-15(10)7-8-3-1-4-8/h2,5-6,8H,1,3-4,7H2. The quantitative estimate of drug-likeness (QED) is 0.836. The minimum Gasteiger partial charge on any atom is -0.244 e. The van der Waals surface area contributed by atoms with Crippen molar-refractivity contribution in [2.45, 2.75) is 25.8 Å². The number of rotatable bonds is 2. The van der Waals surface area contributed by atoms with Gasteiger partial charge in [-0.3, -0.25) is 0 Å². The van der Waals surface area contributed by atoms with Crippen molar-refractivity contribution in [1.82, 2.24) is 15.0 Å². The molecule has 0 bridgehead atoms. The maximum atomic E-state index is 4.21. The number of hydrogen-bond acceptors (Lipinski definition) is 2. The van der Waals surface area contributed by atoms with Crippen LogP contribution in [0.1, 0.15) is 19.3 Å². The maximum Gasteiger partial charge on any atom is 0.127 e. The van der Waals surface area contributed by atoms with Crippen molar-refractivity contribution >= 4 is 27.0 Å². The van der Waals surface area contributed by atoms with E-state index in [0.29, 0.717) is 0 Å². The van der Waals surface area contributed by atoms with Crippen LogP contribution < -0.4 is 0 Å². The zero-order valence-corrected chi connectivity index (χ0v) is 9.94. The molecule has 1 aromatic heterocycles. The summed E-state index contributed by atoms with van der Waals surface area (Å²) in [5, 5.41) is 8.41. The van der Waals surface area contributed by atoms with Gasteiger partial charge in [-0.25, -0.2) is 4.68 Å². The Kier molecular flexibility index (Phi) is 2.24. The van der Waals surface area contributed by atoms with E-state index in [0.717, 1.165) is 28.0 Å². The minimum absolute atomic E-state index is 0.814. The lowest BCUT2D eigenvalue weighted by Crippen LogP contribution is -2.18. The summed E-state index contributed by atoms with van der Waals surface area (Å²) >= 11 is 3.49. The molecular formula is C11H12BrN3. The fourth-order valence-electron chi connectivity index (χ4n) is 2.01. The number of hydrogen-bond donors (Lipinski definition) is 0. The first-order chi connectivity index (χ1) is 7.34. The molecule has 3 rings (SSSR count). The van der Waals surface area contributed by atoms with E-state index in [1.54, 1.807) is 0 Å². The molecule has 1 aliphatic carbocycles. The molecule has 0 spiro atoms. The number of halogens is 1. The van der Waals surface area contributed by atoms with E-state index in [2.05, 4.69) is 32.3 Å². The molecule has 15 heavy (non-hydrogen) atoms. The molecule has 0 saturated heterocycles. The zero-order chi connectivity index (χ0) is 10.3. The van der Waals surface area contributed by atoms with Gasteiger partial charge in [0.05, 0.1) is 5.52 Å². The van der Waals surface area contributed by atoms with Gasteiger partial charge >= 0.3 is 0 Å². The zero-order valence-electron chi connectivity index (χ0n) is 8.36. The first-order valence-electron chi connectivity index (χ1n) is 5.32. The third-order valence-electron chi connectivity index (χ3n) is 3.15. The van der Waals surface area contributed by atoms with E-state index in [4.69, 9.17) is 0 Å². The van der Waals surface area contributed by atoms with Crippen LogP contribution in [0.4, 0.5) is 0 Å². The molecule has 0 unspecified atom stereocenters. The lowest BCUT2D eigenvalue weighted by molar-refractivity contribution is 0.268. The maximum absolute atomic E-state index is 4.21. The molecule has 0 atom stereocenters. The van der Waals surface area contributed by atoms with Crippen LogP contribution >= 0.6 is 15.9 Å². The second-order valence-electron chi connectivity index (χ2n) is 4.18. The third kappa shape index (κ3) is 1.57. The van der Waals surface area contributed by atoms with Gasteiger partial charge in [0.15, 0.2) is 0 Å². The predicted molar refractivity (Wildman–Crippen MR) is 62.6 cm³/mol. The number of nitrogens with zero attached hydrogens (tertiary/aromatic N) is 3. The lowest BCUT2D eigenvalue weighted by Gasteiger charge is -2.24. The fourth-order valence-corrected chi connectivity index (χ4v) is 2.45. The van der Waals surface area contributed by atoms with Gasteiger partial charge in [0.1, 0.15) is 5.52 Å². The summed E-state index contributed by atoms with van der Waals surface area (Å²) in [7, 11) is 0. The molecule has 0 N–H and O–H groups in total. The van der Waals surface area contributed by atoms with Gasteiger partial charge in [-0.05, 0) is 46.8 Å². The predicted octanol–water partition coefficient (Wildman–Crippen LogP) is 2.99. The molecule has 2 aromatic rings. The van der Waals surface area contributed by atoms with Crippen LogP contribution in [0.5, 0.6) is 0 Å². The average Bonchev–Trinajstić information content (AvgIpc) is 2.56. The Balaban J connectivity index is 2.00. The molecule has 78 valence electrons. The minimum atomic E-state index is 0.814. The first-order valence-corrected chi connectivity index (χ1v) is 6.11. The van der Waals surface area contributed by atoms with Gasteiger partial charge in [0.2, 0.25) is 0 Å². The summed E-state index contributed by atoms with van der Waals surface area (Å²) in [5.74, 6) is 0.814. The Morgan fingerprint density at radius 1 is 1.40 bits per heavy atom. The van der Waals surface area contributed by atoms with Crippen molar-refractivity contribution in [3.8, 4) is 0 Å². The van der Waals surface area contributed by atoms with Crippen molar-refractivity contribution in [3.63, 3.8) is 0 Å². The summed E-state index contributed by atoms with van der Waals surface area (Å²) in [6.45, 7) is 1.02. The first kappa shape index (κ1) is 9.33. The Bertz CT molecular complexity index is 488. The monoisotopic (exact) mass is 265 g/mol. The average molecular weight is 266 g/mol. The van der Waals surface area contributed by atoms with Crippen LogP contribution in [0.15, 0.2) is 22.7 Å². The van der Waals surface area contributed by atoms with Crippen molar-refractivity contribution < 1.29 is 0 Å². The number of benzene rings is 1. The van der Waals surface area contributed by atoms with Crippen LogP contribution in [0.2, 0.25) is 0 Å². The summed E-state index contributed by atoms with van der Waals surface area (Å²) in [4.78, 5) is 0. The molecule has 1 saturated carbocycles. The van der Waals surface area contributed by atoms with Crippen molar-refractivity contribution in [3.05, 3.63) is 22.7 Å². The Hall–Kier alpha value is -0.900. The van der Waals surface area contributed by atoms with Gasteiger partial charge in [-0.2, -0.15) is 0 Å². The summed E-state index contributed by atoms with van der Waals surface area (Å²) in [6, 6.07) is 6.12. The van der Waals surface area contributed by atoms with E-state index < -0.39 is 0 Å². The van der Waals surface area contributed by atoms with Crippen molar-refractivity contribution in [1.29, 1.82) is 0 Å². The molecule has 1 heterocycles. The Morgan fingerprint density at radius 3 is 3.00 bits per heavy atom. The van der Waals surface area contributed by atoms with E-state index in [1.807, 2.05) is 16.8 Å². The largest absolute Gasteiger partial charge is 0.244 e. The van der Waals surface area contributed by atoms with Crippen molar-refractivity contribution in [2.24, 2.45) is 5.92 Å². The highest BCUT2D eigenvalue weighted by Gasteiger charge is 2.19. The van der Waals surface area contributed by atoms with E-state index in [-0.39, 0.29) is 0 Å². The molecule has 1 aromatic carbocycles. The number of aromatic nitrogens is 3. The Morgan fingerprint density at radius 2 is 2.27 bits per heavy atom. The molecule has 0 amide bonds.